The monoisotopic (exact) mass is 397 g/mol. The molecule has 1 aliphatic heterocycles. The largest absolute Gasteiger partial charge is 0.481 e. The Hall–Kier alpha value is -0.950. The normalized spacial score (nSPS) is 19.1. The number of rotatable bonds is 4. The van der Waals surface area contributed by atoms with Crippen LogP contribution in [-0.4, -0.2) is 17.6 Å². The lowest BCUT2D eigenvalue weighted by Gasteiger charge is -2.27. The highest BCUT2D eigenvalue weighted by atomic mass is 79.9. The fraction of sp³-hybridized carbons (Fsp3) is 0.188. The maximum atomic E-state index is 11.0. The number of nitrogens with two attached hydrogens (primary N) is 1. The van der Waals surface area contributed by atoms with Gasteiger partial charge in [0.15, 0.2) is 0 Å². The molecule has 0 aliphatic carbocycles. The molecule has 116 valence electrons. The molecule has 0 aromatic heterocycles. The number of carboxylic acid groups (broad SMARTS) is 1. The zero-order valence-electron chi connectivity index (χ0n) is 11.7. The molecule has 0 bridgehead atoms. The summed E-state index contributed by atoms with van der Waals surface area (Å²) < 4.78 is 0. The fourth-order valence-corrected chi connectivity index (χ4v) is 8.04. The third kappa shape index (κ3) is 3.06. The smallest absolute Gasteiger partial charge is 0.304 e. The summed E-state index contributed by atoms with van der Waals surface area (Å²) in [6.45, 7) is 0.343. The predicted octanol–water partition coefficient (Wildman–Crippen LogP) is 4.40. The Morgan fingerprint density at radius 1 is 1.23 bits per heavy atom. The van der Waals surface area contributed by atoms with E-state index in [2.05, 4.69) is 45.1 Å². The summed E-state index contributed by atoms with van der Waals surface area (Å²) in [5.74, 6) is -0.948. The molecule has 3 N–H and O–H groups in total. The van der Waals surface area contributed by atoms with Gasteiger partial charge in [-0.1, -0.05) is 30.0 Å². The van der Waals surface area contributed by atoms with Crippen LogP contribution in [-0.2, 0) is 4.79 Å². The molecule has 6 heteroatoms. The summed E-state index contributed by atoms with van der Waals surface area (Å²) in [4.78, 5) is 16.1. The van der Waals surface area contributed by atoms with Crippen LogP contribution in [0.4, 0.5) is 0 Å². The highest BCUT2D eigenvalue weighted by Crippen LogP contribution is 2.61. The SMILES string of the molecule is NCC(CC(=O)O)c1ccc2c(c1)Sc1ccccc1[SH]2Br. The van der Waals surface area contributed by atoms with Crippen molar-refractivity contribution in [3.8, 4) is 0 Å². The van der Waals surface area contributed by atoms with Gasteiger partial charge in [0, 0.05) is 25.5 Å². The van der Waals surface area contributed by atoms with E-state index in [1.54, 1.807) is 11.8 Å². The molecule has 3 nitrogen and oxygen atoms in total. The standard InChI is InChI=1S/C16H16BrNO2S2/c17-22-14-4-2-1-3-12(14)21-13-7-10(5-6-15(13)22)11(9-18)8-16(19)20/h1-7,11,22H,8-9,18H2,(H,19,20). The molecule has 1 heterocycles. The van der Waals surface area contributed by atoms with Crippen LogP contribution >= 0.6 is 35.9 Å². The first-order valence-corrected chi connectivity index (χ1v) is 11.1. The van der Waals surface area contributed by atoms with E-state index < -0.39 is 15.3 Å². The molecule has 0 fully saturated rings. The van der Waals surface area contributed by atoms with E-state index in [-0.39, 0.29) is 12.3 Å². The summed E-state index contributed by atoms with van der Waals surface area (Å²) in [5, 5.41) is 9.02. The van der Waals surface area contributed by atoms with Crippen LogP contribution in [0.1, 0.15) is 17.9 Å². The number of halogens is 1. The van der Waals surface area contributed by atoms with Crippen molar-refractivity contribution in [2.24, 2.45) is 5.73 Å². The van der Waals surface area contributed by atoms with Gasteiger partial charge in [-0.3, -0.25) is 4.79 Å². The average Bonchev–Trinajstić information content (AvgIpc) is 2.52. The number of fused-ring (bicyclic) bond motifs is 2. The molecule has 2 aromatic rings. The average molecular weight is 398 g/mol. The number of thiol groups is 1. The molecule has 2 aromatic carbocycles. The molecular weight excluding hydrogens is 382 g/mol. The lowest BCUT2D eigenvalue weighted by atomic mass is 9.96. The second-order valence-corrected chi connectivity index (χ2v) is 9.85. The van der Waals surface area contributed by atoms with Crippen molar-refractivity contribution in [3.05, 3.63) is 48.0 Å². The van der Waals surface area contributed by atoms with E-state index >= 15 is 0 Å². The number of carbonyl (C=O) groups is 1. The van der Waals surface area contributed by atoms with Gasteiger partial charge in [-0.2, -0.15) is 0 Å². The van der Waals surface area contributed by atoms with Gasteiger partial charge in [0.2, 0.25) is 0 Å². The molecule has 0 spiro atoms. The fourth-order valence-electron chi connectivity index (χ4n) is 2.53. The first kappa shape index (κ1) is 15.9. The van der Waals surface area contributed by atoms with Crippen LogP contribution in [0.25, 0.3) is 0 Å². The molecule has 1 aliphatic rings. The summed E-state index contributed by atoms with van der Waals surface area (Å²) in [6.07, 6.45) is 0.0691. The first-order chi connectivity index (χ1) is 10.6. The lowest BCUT2D eigenvalue weighted by Crippen LogP contribution is -2.16. The zero-order valence-corrected chi connectivity index (χ0v) is 15.0. The molecule has 3 rings (SSSR count). The highest BCUT2D eigenvalue weighted by Gasteiger charge is 2.23. The van der Waals surface area contributed by atoms with Crippen molar-refractivity contribution in [2.75, 3.05) is 6.54 Å². The predicted molar refractivity (Wildman–Crippen MR) is 95.5 cm³/mol. The molecule has 0 saturated heterocycles. The highest BCUT2D eigenvalue weighted by molar-refractivity contribution is 9.54. The van der Waals surface area contributed by atoms with Crippen LogP contribution in [0.3, 0.4) is 0 Å². The maximum absolute atomic E-state index is 11.0. The quantitative estimate of drug-likeness (QED) is 0.669. The Bertz CT molecular complexity index is 723. The van der Waals surface area contributed by atoms with Crippen LogP contribution < -0.4 is 5.73 Å². The Morgan fingerprint density at radius 2 is 1.95 bits per heavy atom. The minimum absolute atomic E-state index is 0.0691. The Morgan fingerprint density at radius 3 is 2.68 bits per heavy atom. The van der Waals surface area contributed by atoms with Gasteiger partial charge < -0.3 is 10.8 Å². The van der Waals surface area contributed by atoms with Crippen molar-refractivity contribution in [2.45, 2.75) is 31.9 Å². The van der Waals surface area contributed by atoms with Crippen molar-refractivity contribution < 1.29 is 9.90 Å². The van der Waals surface area contributed by atoms with Gasteiger partial charge in [0.1, 0.15) is 0 Å². The van der Waals surface area contributed by atoms with Crippen LogP contribution in [0.15, 0.2) is 62.0 Å². The van der Waals surface area contributed by atoms with Gasteiger partial charge in [0.05, 0.1) is 6.42 Å². The summed E-state index contributed by atoms with van der Waals surface area (Å²) in [7, 11) is -0.532. The zero-order chi connectivity index (χ0) is 15.7. The van der Waals surface area contributed by atoms with Gasteiger partial charge in [-0.15, -0.1) is 9.33 Å². The van der Waals surface area contributed by atoms with E-state index in [1.807, 2.05) is 12.1 Å². The van der Waals surface area contributed by atoms with E-state index in [9.17, 15) is 4.79 Å². The third-order valence-electron chi connectivity index (χ3n) is 3.67. The van der Waals surface area contributed by atoms with E-state index in [4.69, 9.17) is 10.8 Å². The Balaban J connectivity index is 1.97. The van der Waals surface area contributed by atoms with Crippen LogP contribution in [0.2, 0.25) is 0 Å². The van der Waals surface area contributed by atoms with E-state index in [0.717, 1.165) is 5.56 Å². The van der Waals surface area contributed by atoms with Gasteiger partial charge >= 0.3 is 5.97 Å². The molecule has 2 atom stereocenters. The first-order valence-electron chi connectivity index (χ1n) is 6.88. The summed E-state index contributed by atoms with van der Waals surface area (Å²) in [6, 6.07) is 14.6. The van der Waals surface area contributed by atoms with Crippen molar-refractivity contribution >= 4 is 41.9 Å². The number of hydrogen-bond donors (Lipinski definition) is 3. The van der Waals surface area contributed by atoms with Crippen molar-refractivity contribution in [3.63, 3.8) is 0 Å². The molecular formula is C16H16BrNO2S2. The topological polar surface area (TPSA) is 63.3 Å². The van der Waals surface area contributed by atoms with Crippen molar-refractivity contribution in [1.82, 2.24) is 0 Å². The second kappa shape index (κ2) is 6.66. The van der Waals surface area contributed by atoms with Crippen molar-refractivity contribution in [1.29, 1.82) is 0 Å². The number of aliphatic carboxylic acids is 1. The van der Waals surface area contributed by atoms with E-state index in [0.29, 0.717) is 6.54 Å². The minimum Gasteiger partial charge on any atom is -0.481 e. The molecule has 2 unspecified atom stereocenters. The molecule has 0 saturated carbocycles. The third-order valence-corrected chi connectivity index (χ3v) is 9.02. The molecule has 0 radical (unpaired) electrons. The number of hydrogen-bond acceptors (Lipinski definition) is 3. The van der Waals surface area contributed by atoms with Gasteiger partial charge in [0.25, 0.3) is 0 Å². The van der Waals surface area contributed by atoms with Crippen LogP contribution in [0, 0.1) is 0 Å². The van der Waals surface area contributed by atoms with E-state index in [1.165, 1.54) is 19.6 Å². The van der Waals surface area contributed by atoms with Crippen LogP contribution in [0.5, 0.6) is 0 Å². The second-order valence-electron chi connectivity index (χ2n) is 5.11. The summed E-state index contributed by atoms with van der Waals surface area (Å²) in [5.41, 5.74) is 6.76. The molecule has 0 amide bonds. The lowest BCUT2D eigenvalue weighted by molar-refractivity contribution is -0.137. The maximum Gasteiger partial charge on any atom is 0.304 e. The van der Waals surface area contributed by atoms with Gasteiger partial charge in [-0.25, -0.2) is 0 Å². The van der Waals surface area contributed by atoms with Gasteiger partial charge in [-0.05, 0) is 51.2 Å². The summed E-state index contributed by atoms with van der Waals surface area (Å²) >= 11 is 5.58. The molecule has 22 heavy (non-hydrogen) atoms. The Kier molecular flexibility index (Phi) is 4.82. The Labute approximate surface area is 143 Å². The number of benzene rings is 2. The minimum atomic E-state index is -0.811. The number of carboxylic acids is 1.